The molecule has 7 heteroatoms. The molecule has 0 spiro atoms. The van der Waals surface area contributed by atoms with Gasteiger partial charge in [-0.25, -0.2) is 9.97 Å². The van der Waals surface area contributed by atoms with Crippen molar-refractivity contribution in [2.45, 2.75) is 13.5 Å². The van der Waals surface area contributed by atoms with Crippen molar-refractivity contribution in [3.8, 4) is 11.4 Å². The van der Waals surface area contributed by atoms with E-state index in [0.29, 0.717) is 0 Å². The highest BCUT2D eigenvalue weighted by Crippen LogP contribution is 2.30. The van der Waals surface area contributed by atoms with Gasteiger partial charge in [-0.1, -0.05) is 6.07 Å². The number of piperazine rings is 1. The normalized spacial score (nSPS) is 16.2. The van der Waals surface area contributed by atoms with E-state index in [1.165, 1.54) is 5.69 Å². The average Bonchev–Trinajstić information content (AvgIpc) is 3.29. The van der Waals surface area contributed by atoms with Gasteiger partial charge >= 0.3 is 0 Å². The molecule has 4 aromatic rings. The van der Waals surface area contributed by atoms with E-state index in [2.05, 4.69) is 43.7 Å². The van der Waals surface area contributed by atoms with Crippen LogP contribution in [0.3, 0.4) is 0 Å². The fraction of sp³-hybridized carbons (Fsp3) is 0.333. The van der Waals surface area contributed by atoms with Crippen LogP contribution in [0.15, 0.2) is 36.0 Å². The van der Waals surface area contributed by atoms with Crippen molar-refractivity contribution in [3.63, 3.8) is 0 Å². The second kappa shape index (κ2) is 5.94. The van der Waals surface area contributed by atoms with Crippen molar-refractivity contribution < 1.29 is 0 Å². The molecular weight excluding hydrogens is 332 g/mol. The van der Waals surface area contributed by atoms with Crippen molar-refractivity contribution in [1.82, 2.24) is 29.0 Å². The molecular formula is C18H20N6S. The Bertz CT molecular complexity index is 1040. The van der Waals surface area contributed by atoms with Crippen molar-refractivity contribution in [1.29, 1.82) is 0 Å². The number of nitrogens with zero attached hydrogens (tertiary/aromatic N) is 5. The van der Waals surface area contributed by atoms with E-state index < -0.39 is 0 Å². The minimum Gasteiger partial charge on any atom is -0.314 e. The first-order chi connectivity index (χ1) is 12.3. The molecule has 1 aliphatic rings. The van der Waals surface area contributed by atoms with Crippen LogP contribution in [0.1, 0.15) is 11.4 Å². The Hall–Kier alpha value is -2.22. The summed E-state index contributed by atoms with van der Waals surface area (Å²) < 4.78 is 4.40. The molecule has 25 heavy (non-hydrogen) atoms. The van der Waals surface area contributed by atoms with Crippen LogP contribution in [0.2, 0.25) is 0 Å². The summed E-state index contributed by atoms with van der Waals surface area (Å²) in [5, 5.41) is 5.53. The Morgan fingerprint density at radius 1 is 1.12 bits per heavy atom. The molecule has 0 amide bonds. The number of pyridine rings is 1. The third kappa shape index (κ3) is 2.47. The Kier molecular flexibility index (Phi) is 3.58. The predicted molar refractivity (Wildman–Crippen MR) is 100 cm³/mol. The van der Waals surface area contributed by atoms with Crippen LogP contribution in [-0.4, -0.2) is 49.8 Å². The molecule has 1 N–H and O–H groups in total. The number of aryl methyl sites for hydroxylation is 1. The van der Waals surface area contributed by atoms with Crippen molar-refractivity contribution >= 4 is 21.9 Å². The van der Waals surface area contributed by atoms with Gasteiger partial charge in [-0.05, 0) is 19.1 Å². The van der Waals surface area contributed by atoms with Crippen LogP contribution in [0, 0.1) is 6.92 Å². The van der Waals surface area contributed by atoms with Crippen LogP contribution < -0.4 is 5.32 Å². The van der Waals surface area contributed by atoms with Gasteiger partial charge in [-0.3, -0.25) is 13.7 Å². The largest absolute Gasteiger partial charge is 0.314 e. The average molecular weight is 352 g/mol. The molecule has 0 aliphatic carbocycles. The van der Waals surface area contributed by atoms with E-state index in [4.69, 9.17) is 9.97 Å². The lowest BCUT2D eigenvalue weighted by Gasteiger charge is -2.27. The molecule has 0 unspecified atom stereocenters. The summed E-state index contributed by atoms with van der Waals surface area (Å²) in [7, 11) is 0. The molecule has 5 rings (SSSR count). The molecule has 5 heterocycles. The third-order valence-electron chi connectivity index (χ3n) is 4.87. The number of nitrogens with one attached hydrogen (secondary N) is 1. The number of rotatable bonds is 3. The molecule has 0 saturated carbocycles. The highest BCUT2D eigenvalue weighted by Gasteiger charge is 2.22. The summed E-state index contributed by atoms with van der Waals surface area (Å²) in [5.41, 5.74) is 5.42. The highest BCUT2D eigenvalue weighted by atomic mass is 32.1. The lowest BCUT2D eigenvalue weighted by molar-refractivity contribution is 0.230. The Morgan fingerprint density at radius 2 is 2.00 bits per heavy atom. The van der Waals surface area contributed by atoms with Gasteiger partial charge in [0.2, 0.25) is 0 Å². The minimum atomic E-state index is 0.911. The summed E-state index contributed by atoms with van der Waals surface area (Å²) in [5.74, 6) is 0. The van der Waals surface area contributed by atoms with Gasteiger partial charge in [0.05, 0.1) is 17.1 Å². The molecule has 0 aromatic carbocycles. The molecule has 4 aromatic heterocycles. The fourth-order valence-corrected chi connectivity index (χ4v) is 4.39. The molecule has 0 bridgehead atoms. The topological polar surface area (TPSA) is 49.9 Å². The van der Waals surface area contributed by atoms with E-state index in [-0.39, 0.29) is 0 Å². The minimum absolute atomic E-state index is 0.911. The fourth-order valence-electron chi connectivity index (χ4n) is 3.65. The first-order valence-electron chi connectivity index (χ1n) is 8.63. The number of thiazole rings is 1. The molecule has 0 atom stereocenters. The molecule has 1 fully saturated rings. The Morgan fingerprint density at radius 3 is 2.88 bits per heavy atom. The molecule has 1 saturated heterocycles. The van der Waals surface area contributed by atoms with E-state index in [1.54, 1.807) is 11.3 Å². The van der Waals surface area contributed by atoms with Crippen molar-refractivity contribution in [3.05, 3.63) is 47.4 Å². The van der Waals surface area contributed by atoms with E-state index in [0.717, 1.165) is 60.4 Å². The second-order valence-corrected chi connectivity index (χ2v) is 7.34. The lowest BCUT2D eigenvalue weighted by atomic mass is 10.2. The molecule has 1 aliphatic heterocycles. The molecule has 0 radical (unpaired) electrons. The highest BCUT2D eigenvalue weighted by molar-refractivity contribution is 7.15. The van der Waals surface area contributed by atoms with Crippen LogP contribution in [0.25, 0.3) is 22.0 Å². The standard InChI is InChI=1S/C18H20N6S/c1-13-17(24-7-3-2-4-15(24)20-13)16-14(12-22-8-5-19-6-9-22)23-10-11-25-18(23)21-16/h2-4,7,10-11,19H,5-6,8-9,12H2,1H3. The number of hydrogen-bond acceptors (Lipinski definition) is 5. The van der Waals surface area contributed by atoms with Crippen LogP contribution in [-0.2, 0) is 6.54 Å². The van der Waals surface area contributed by atoms with Crippen LogP contribution >= 0.6 is 11.3 Å². The Labute approximate surface area is 149 Å². The quantitative estimate of drug-likeness (QED) is 0.615. The maximum atomic E-state index is 4.97. The summed E-state index contributed by atoms with van der Waals surface area (Å²) in [6, 6.07) is 6.12. The van der Waals surface area contributed by atoms with Gasteiger partial charge in [-0.2, -0.15) is 0 Å². The maximum absolute atomic E-state index is 4.97. The maximum Gasteiger partial charge on any atom is 0.194 e. The van der Waals surface area contributed by atoms with Gasteiger partial charge in [0.1, 0.15) is 11.3 Å². The number of imidazole rings is 2. The van der Waals surface area contributed by atoms with E-state index in [1.807, 2.05) is 18.2 Å². The van der Waals surface area contributed by atoms with Crippen LogP contribution in [0.4, 0.5) is 0 Å². The van der Waals surface area contributed by atoms with Gasteiger partial charge in [-0.15, -0.1) is 11.3 Å². The zero-order valence-electron chi connectivity index (χ0n) is 14.1. The first-order valence-corrected chi connectivity index (χ1v) is 9.51. The summed E-state index contributed by atoms with van der Waals surface area (Å²) >= 11 is 1.68. The number of hydrogen-bond donors (Lipinski definition) is 1. The number of aromatic nitrogens is 4. The monoisotopic (exact) mass is 352 g/mol. The summed E-state index contributed by atoms with van der Waals surface area (Å²) in [4.78, 5) is 13.2. The third-order valence-corrected chi connectivity index (χ3v) is 5.63. The van der Waals surface area contributed by atoms with E-state index >= 15 is 0 Å². The summed E-state index contributed by atoms with van der Waals surface area (Å²) in [6.07, 6.45) is 4.21. The van der Waals surface area contributed by atoms with Gasteiger partial charge in [0.25, 0.3) is 0 Å². The lowest BCUT2D eigenvalue weighted by Crippen LogP contribution is -2.43. The molecule has 6 nitrogen and oxygen atoms in total. The zero-order valence-corrected chi connectivity index (χ0v) is 15.0. The summed E-state index contributed by atoms with van der Waals surface area (Å²) in [6.45, 7) is 7.23. The SMILES string of the molecule is Cc1nc2ccccn2c1-c1nc2sccn2c1CN1CCNCC1. The zero-order chi connectivity index (χ0) is 16.8. The van der Waals surface area contributed by atoms with Gasteiger partial charge in [0.15, 0.2) is 4.96 Å². The first kappa shape index (κ1) is 15.1. The van der Waals surface area contributed by atoms with E-state index in [9.17, 15) is 0 Å². The Balaban J connectivity index is 1.68. The number of fused-ring (bicyclic) bond motifs is 2. The van der Waals surface area contributed by atoms with Crippen LogP contribution in [0.5, 0.6) is 0 Å². The molecule has 128 valence electrons. The van der Waals surface area contributed by atoms with Crippen molar-refractivity contribution in [2.75, 3.05) is 26.2 Å². The smallest absolute Gasteiger partial charge is 0.194 e. The van der Waals surface area contributed by atoms with Gasteiger partial charge in [0, 0.05) is 50.5 Å². The predicted octanol–water partition coefficient (Wildman–Crippen LogP) is 2.42. The van der Waals surface area contributed by atoms with Crippen molar-refractivity contribution in [2.24, 2.45) is 0 Å². The van der Waals surface area contributed by atoms with Gasteiger partial charge < -0.3 is 5.32 Å². The second-order valence-electron chi connectivity index (χ2n) is 6.46.